The van der Waals surface area contributed by atoms with E-state index in [1.807, 2.05) is 0 Å². The minimum atomic E-state index is -0.380. The fourth-order valence-electron chi connectivity index (χ4n) is 0.977. The van der Waals surface area contributed by atoms with Gasteiger partial charge in [0.2, 0.25) is 4.47 Å². The zero-order valence-electron chi connectivity index (χ0n) is 6.67. The second-order valence-corrected chi connectivity index (χ2v) is 4.45. The van der Waals surface area contributed by atoms with E-state index < -0.39 is 0 Å². The van der Waals surface area contributed by atoms with E-state index in [1.54, 1.807) is 6.07 Å². The maximum atomic E-state index is 12.7. The van der Waals surface area contributed by atoms with Gasteiger partial charge >= 0.3 is 0 Å². The number of nitrogens with zero attached hydrogens (tertiary/aromatic N) is 2. The third-order valence-corrected chi connectivity index (χ3v) is 2.93. The third-order valence-electron chi connectivity index (χ3n) is 1.56. The Bertz CT molecular complexity index is 472. The highest BCUT2D eigenvalue weighted by Gasteiger charge is 2.09. The second-order valence-electron chi connectivity index (χ2n) is 2.48. The summed E-state index contributed by atoms with van der Waals surface area (Å²) in [6, 6.07) is 4.09. The lowest BCUT2D eigenvalue weighted by molar-refractivity contribution is 0.628. The van der Waals surface area contributed by atoms with Crippen LogP contribution in [0.3, 0.4) is 0 Å². The van der Waals surface area contributed by atoms with Gasteiger partial charge < -0.3 is 0 Å². The van der Waals surface area contributed by atoms with E-state index in [4.69, 9.17) is 23.2 Å². The van der Waals surface area contributed by atoms with E-state index >= 15 is 0 Å². The molecule has 0 amide bonds. The van der Waals surface area contributed by atoms with Crippen LogP contribution in [0.25, 0.3) is 10.6 Å². The highest BCUT2D eigenvalue weighted by molar-refractivity contribution is 7.18. The molecule has 6 heteroatoms. The molecule has 0 radical (unpaired) electrons. The third kappa shape index (κ3) is 1.87. The van der Waals surface area contributed by atoms with Crippen molar-refractivity contribution in [2.75, 3.05) is 0 Å². The van der Waals surface area contributed by atoms with Crippen LogP contribution in [0, 0.1) is 5.82 Å². The van der Waals surface area contributed by atoms with Gasteiger partial charge in [-0.3, -0.25) is 0 Å². The predicted octanol–water partition coefficient (Wildman–Crippen LogP) is 3.65. The summed E-state index contributed by atoms with van der Waals surface area (Å²) in [5, 5.41) is 8.33. The number of benzene rings is 1. The van der Waals surface area contributed by atoms with Gasteiger partial charge in [0.25, 0.3) is 0 Å². The molecule has 14 heavy (non-hydrogen) atoms. The number of hydrogen-bond donors (Lipinski definition) is 0. The highest BCUT2D eigenvalue weighted by atomic mass is 35.5. The van der Waals surface area contributed by atoms with Gasteiger partial charge in [0.05, 0.1) is 5.02 Å². The van der Waals surface area contributed by atoms with Crippen molar-refractivity contribution in [2.45, 2.75) is 0 Å². The van der Waals surface area contributed by atoms with Crippen molar-refractivity contribution in [1.29, 1.82) is 0 Å². The summed E-state index contributed by atoms with van der Waals surface area (Å²) in [6.45, 7) is 0. The summed E-state index contributed by atoms with van der Waals surface area (Å²) in [6.07, 6.45) is 0. The van der Waals surface area contributed by atoms with Crippen LogP contribution in [0.15, 0.2) is 18.2 Å². The summed E-state index contributed by atoms with van der Waals surface area (Å²) in [4.78, 5) is 0. The van der Waals surface area contributed by atoms with Gasteiger partial charge in [-0.1, -0.05) is 22.9 Å². The van der Waals surface area contributed by atoms with Crippen molar-refractivity contribution in [3.63, 3.8) is 0 Å². The molecule has 0 atom stereocenters. The largest absolute Gasteiger partial charge is 0.207 e. The Morgan fingerprint density at radius 2 is 2.00 bits per heavy atom. The number of aromatic nitrogens is 2. The molecule has 0 aliphatic carbocycles. The molecule has 0 saturated carbocycles. The SMILES string of the molecule is Fc1ccc(-c2nnc(Cl)s2)c(Cl)c1. The maximum absolute atomic E-state index is 12.7. The standard InChI is InChI=1S/C8H3Cl2FN2S/c9-6-3-4(11)1-2-5(6)7-12-13-8(10)14-7/h1-3H. The Labute approximate surface area is 93.3 Å². The molecule has 0 spiro atoms. The average molecular weight is 249 g/mol. The first-order valence-corrected chi connectivity index (χ1v) is 5.18. The first-order chi connectivity index (χ1) is 6.66. The highest BCUT2D eigenvalue weighted by Crippen LogP contribution is 2.31. The van der Waals surface area contributed by atoms with E-state index in [0.717, 1.165) is 0 Å². The molecular weight excluding hydrogens is 246 g/mol. The Balaban J connectivity index is 2.52. The van der Waals surface area contributed by atoms with Crippen LogP contribution in [0.4, 0.5) is 4.39 Å². The van der Waals surface area contributed by atoms with Gasteiger partial charge in [0.1, 0.15) is 10.8 Å². The van der Waals surface area contributed by atoms with Crippen LogP contribution < -0.4 is 0 Å². The molecule has 2 rings (SSSR count). The molecule has 0 aliphatic rings. The van der Waals surface area contributed by atoms with Gasteiger partial charge in [-0.15, -0.1) is 10.2 Å². The van der Waals surface area contributed by atoms with Crippen LogP contribution >= 0.6 is 34.5 Å². The van der Waals surface area contributed by atoms with Crippen molar-refractivity contribution in [3.8, 4) is 10.6 Å². The van der Waals surface area contributed by atoms with Crippen molar-refractivity contribution in [1.82, 2.24) is 10.2 Å². The minimum absolute atomic E-state index is 0.304. The molecule has 1 heterocycles. The predicted molar refractivity (Wildman–Crippen MR) is 55.3 cm³/mol. The first kappa shape index (κ1) is 9.83. The molecule has 0 unspecified atom stereocenters. The molecule has 1 aromatic heterocycles. The lowest BCUT2D eigenvalue weighted by atomic mass is 10.2. The van der Waals surface area contributed by atoms with E-state index in [0.29, 0.717) is 20.1 Å². The van der Waals surface area contributed by atoms with Crippen LogP contribution in [0.5, 0.6) is 0 Å². The molecule has 1 aromatic carbocycles. The fourth-order valence-corrected chi connectivity index (χ4v) is 2.16. The van der Waals surface area contributed by atoms with E-state index in [9.17, 15) is 4.39 Å². The number of rotatable bonds is 1. The molecule has 72 valence electrons. The Morgan fingerprint density at radius 3 is 2.57 bits per heavy atom. The molecule has 0 N–H and O–H groups in total. The van der Waals surface area contributed by atoms with Gasteiger partial charge in [0.15, 0.2) is 0 Å². The summed E-state index contributed by atoms with van der Waals surface area (Å²) >= 11 is 12.6. The normalized spacial score (nSPS) is 10.5. The lowest BCUT2D eigenvalue weighted by Gasteiger charge is -1.98. The maximum Gasteiger partial charge on any atom is 0.207 e. The molecule has 0 aliphatic heterocycles. The molecule has 0 saturated heterocycles. The summed E-state index contributed by atoms with van der Waals surface area (Å²) < 4.78 is 13.1. The zero-order chi connectivity index (χ0) is 10.1. The molecule has 0 bridgehead atoms. The van der Waals surface area contributed by atoms with Gasteiger partial charge in [0, 0.05) is 5.56 Å². The lowest BCUT2D eigenvalue weighted by Crippen LogP contribution is -1.80. The summed E-state index contributed by atoms with van der Waals surface area (Å²) in [5.74, 6) is -0.380. The topological polar surface area (TPSA) is 25.8 Å². The summed E-state index contributed by atoms with van der Waals surface area (Å²) in [5.41, 5.74) is 0.637. The molecule has 2 aromatic rings. The van der Waals surface area contributed by atoms with E-state index in [1.165, 1.54) is 23.5 Å². The van der Waals surface area contributed by atoms with Crippen LogP contribution in [0.1, 0.15) is 0 Å². The van der Waals surface area contributed by atoms with Crippen LogP contribution in [0.2, 0.25) is 9.49 Å². The molecule has 2 nitrogen and oxygen atoms in total. The Morgan fingerprint density at radius 1 is 1.21 bits per heavy atom. The van der Waals surface area contributed by atoms with E-state index in [2.05, 4.69) is 10.2 Å². The fraction of sp³-hybridized carbons (Fsp3) is 0. The Kier molecular flexibility index (Phi) is 2.67. The smallest absolute Gasteiger partial charge is 0.207 e. The van der Waals surface area contributed by atoms with E-state index in [-0.39, 0.29) is 5.82 Å². The van der Waals surface area contributed by atoms with Gasteiger partial charge in [-0.25, -0.2) is 4.39 Å². The average Bonchev–Trinajstić information content (AvgIpc) is 2.51. The number of halogens is 3. The Hall–Kier alpha value is -0.710. The number of hydrogen-bond acceptors (Lipinski definition) is 3. The van der Waals surface area contributed by atoms with Crippen molar-refractivity contribution < 1.29 is 4.39 Å². The summed E-state index contributed by atoms with van der Waals surface area (Å²) in [7, 11) is 0. The second kappa shape index (κ2) is 3.81. The zero-order valence-corrected chi connectivity index (χ0v) is 9.00. The molecular formula is C8H3Cl2FN2S. The minimum Gasteiger partial charge on any atom is -0.207 e. The van der Waals surface area contributed by atoms with Crippen molar-refractivity contribution >= 4 is 34.5 Å². The van der Waals surface area contributed by atoms with Crippen molar-refractivity contribution in [2.24, 2.45) is 0 Å². The van der Waals surface area contributed by atoms with Crippen LogP contribution in [-0.4, -0.2) is 10.2 Å². The van der Waals surface area contributed by atoms with Crippen LogP contribution in [-0.2, 0) is 0 Å². The first-order valence-electron chi connectivity index (χ1n) is 3.61. The van der Waals surface area contributed by atoms with Gasteiger partial charge in [-0.2, -0.15) is 0 Å². The quantitative estimate of drug-likeness (QED) is 0.770. The van der Waals surface area contributed by atoms with Crippen molar-refractivity contribution in [3.05, 3.63) is 33.5 Å². The van der Waals surface area contributed by atoms with Gasteiger partial charge in [-0.05, 0) is 29.8 Å². The monoisotopic (exact) mass is 248 g/mol. The molecule has 0 fully saturated rings.